The quantitative estimate of drug-likeness (QED) is 0.551. The first-order chi connectivity index (χ1) is 10.6. The maximum atomic E-state index is 12.0. The van der Waals surface area contributed by atoms with Crippen molar-refractivity contribution in [2.75, 3.05) is 19.8 Å². The minimum Gasteiger partial charge on any atom is -0.493 e. The minimum absolute atomic E-state index is 0.0921. The van der Waals surface area contributed by atoms with Gasteiger partial charge < -0.3 is 19.9 Å². The Morgan fingerprint density at radius 1 is 1.50 bits per heavy atom. The van der Waals surface area contributed by atoms with Crippen LogP contribution in [0.15, 0.2) is 30.9 Å². The van der Waals surface area contributed by atoms with Crippen LogP contribution in [0.5, 0.6) is 5.75 Å². The normalized spacial score (nSPS) is 13.8. The summed E-state index contributed by atoms with van der Waals surface area (Å²) in [5.41, 5.74) is 1.91. The second-order valence-corrected chi connectivity index (χ2v) is 5.00. The van der Waals surface area contributed by atoms with Crippen LogP contribution in [0.25, 0.3) is 0 Å². The molecule has 0 spiro atoms. The van der Waals surface area contributed by atoms with E-state index in [-0.39, 0.29) is 25.5 Å². The number of carboxylic acids is 1. The van der Waals surface area contributed by atoms with Crippen LogP contribution in [-0.4, -0.2) is 42.8 Å². The molecule has 1 heterocycles. The Bertz CT molecular complexity index is 570. The van der Waals surface area contributed by atoms with E-state index in [2.05, 4.69) is 11.9 Å². The van der Waals surface area contributed by atoms with Gasteiger partial charge in [0.05, 0.1) is 26.2 Å². The summed E-state index contributed by atoms with van der Waals surface area (Å²) in [6.07, 6.45) is 2.48. The number of amides is 1. The van der Waals surface area contributed by atoms with Crippen molar-refractivity contribution in [1.82, 2.24) is 5.32 Å². The van der Waals surface area contributed by atoms with Crippen LogP contribution in [0.4, 0.5) is 0 Å². The van der Waals surface area contributed by atoms with E-state index in [1.165, 1.54) is 6.08 Å². The van der Waals surface area contributed by atoms with Crippen molar-refractivity contribution in [1.29, 1.82) is 0 Å². The van der Waals surface area contributed by atoms with E-state index >= 15 is 0 Å². The second-order valence-electron chi connectivity index (χ2n) is 5.00. The van der Waals surface area contributed by atoms with Gasteiger partial charge in [-0.05, 0) is 17.2 Å². The lowest BCUT2D eigenvalue weighted by Gasteiger charge is -2.14. The maximum Gasteiger partial charge on any atom is 0.328 e. The fraction of sp³-hybridized carbons (Fsp3) is 0.375. The highest BCUT2D eigenvalue weighted by molar-refractivity contribution is 5.85. The molecule has 2 N–H and O–H groups in total. The molecule has 1 aromatic rings. The summed E-state index contributed by atoms with van der Waals surface area (Å²) in [6.45, 7) is 4.29. The molecule has 0 fully saturated rings. The topological polar surface area (TPSA) is 84.9 Å². The Morgan fingerprint density at radius 2 is 2.32 bits per heavy atom. The van der Waals surface area contributed by atoms with E-state index in [1.807, 2.05) is 18.2 Å². The minimum atomic E-state index is -1.13. The number of carboxylic acid groups (broad SMARTS) is 1. The fourth-order valence-corrected chi connectivity index (χ4v) is 2.22. The van der Waals surface area contributed by atoms with Crippen molar-refractivity contribution in [2.45, 2.75) is 18.9 Å². The zero-order valence-electron chi connectivity index (χ0n) is 12.2. The van der Waals surface area contributed by atoms with E-state index < -0.39 is 12.0 Å². The lowest BCUT2D eigenvalue weighted by molar-refractivity contribution is -0.143. The van der Waals surface area contributed by atoms with Crippen LogP contribution < -0.4 is 10.1 Å². The summed E-state index contributed by atoms with van der Waals surface area (Å²) >= 11 is 0. The van der Waals surface area contributed by atoms with Gasteiger partial charge in [0.25, 0.3) is 0 Å². The van der Waals surface area contributed by atoms with Crippen molar-refractivity contribution in [3.05, 3.63) is 42.0 Å². The number of ether oxygens (including phenoxy) is 2. The number of hydrogen-bond acceptors (Lipinski definition) is 4. The molecule has 118 valence electrons. The molecule has 1 aliphatic heterocycles. The molecule has 1 aliphatic rings. The lowest BCUT2D eigenvalue weighted by Crippen LogP contribution is -2.44. The predicted octanol–water partition coefficient (Wildman–Crippen LogP) is 0.936. The maximum absolute atomic E-state index is 12.0. The lowest BCUT2D eigenvalue weighted by atomic mass is 10.1. The van der Waals surface area contributed by atoms with Crippen LogP contribution in [0.2, 0.25) is 0 Å². The highest BCUT2D eigenvalue weighted by Crippen LogP contribution is 2.25. The standard InChI is InChI=1S/C16H19NO5/c1-2-6-21-10-13(16(19)20)17-15(18)9-11-3-4-14-12(8-11)5-7-22-14/h2-4,8,13H,1,5-7,9-10H2,(H,17,18)(H,19,20). The number of carbonyl (C=O) groups is 2. The number of aliphatic carboxylic acids is 1. The highest BCUT2D eigenvalue weighted by Gasteiger charge is 2.20. The van der Waals surface area contributed by atoms with Crippen LogP contribution in [0.1, 0.15) is 11.1 Å². The Hall–Kier alpha value is -2.34. The molecule has 1 amide bonds. The summed E-state index contributed by atoms with van der Waals surface area (Å²) in [7, 11) is 0. The fourth-order valence-electron chi connectivity index (χ4n) is 2.22. The zero-order chi connectivity index (χ0) is 15.9. The molecule has 1 aromatic carbocycles. The molecule has 1 atom stereocenters. The number of rotatable bonds is 8. The summed E-state index contributed by atoms with van der Waals surface area (Å²) in [5.74, 6) is -0.626. The molecular formula is C16H19NO5. The number of benzene rings is 1. The molecule has 0 aliphatic carbocycles. The first-order valence-corrected chi connectivity index (χ1v) is 7.05. The van der Waals surface area contributed by atoms with Crippen molar-refractivity contribution in [3.8, 4) is 5.75 Å². The van der Waals surface area contributed by atoms with Gasteiger partial charge in [-0.3, -0.25) is 4.79 Å². The Morgan fingerprint density at radius 3 is 3.05 bits per heavy atom. The highest BCUT2D eigenvalue weighted by atomic mass is 16.5. The van der Waals surface area contributed by atoms with Gasteiger partial charge in [-0.2, -0.15) is 0 Å². The monoisotopic (exact) mass is 305 g/mol. The Balaban J connectivity index is 1.90. The number of hydrogen-bond donors (Lipinski definition) is 2. The molecule has 2 rings (SSSR count). The van der Waals surface area contributed by atoms with Crippen molar-refractivity contribution >= 4 is 11.9 Å². The third kappa shape index (κ3) is 4.33. The molecule has 1 unspecified atom stereocenters. The van der Waals surface area contributed by atoms with Gasteiger partial charge in [0.2, 0.25) is 5.91 Å². The number of fused-ring (bicyclic) bond motifs is 1. The van der Waals surface area contributed by atoms with Crippen molar-refractivity contribution < 1.29 is 24.2 Å². The zero-order valence-corrected chi connectivity index (χ0v) is 12.2. The van der Waals surface area contributed by atoms with E-state index in [0.29, 0.717) is 6.61 Å². The van der Waals surface area contributed by atoms with E-state index in [1.54, 1.807) is 0 Å². The van der Waals surface area contributed by atoms with Crippen LogP contribution in [-0.2, 0) is 27.2 Å². The van der Waals surface area contributed by atoms with E-state index in [4.69, 9.17) is 14.6 Å². The molecule has 0 saturated heterocycles. The molecule has 6 nitrogen and oxygen atoms in total. The van der Waals surface area contributed by atoms with Crippen LogP contribution in [0, 0.1) is 0 Å². The SMILES string of the molecule is C=CCOCC(NC(=O)Cc1ccc2c(c1)CCO2)C(=O)O. The molecule has 0 saturated carbocycles. The molecule has 0 bridgehead atoms. The third-order valence-electron chi connectivity index (χ3n) is 3.27. The summed E-state index contributed by atoms with van der Waals surface area (Å²) in [5, 5.41) is 11.5. The largest absolute Gasteiger partial charge is 0.493 e. The molecular weight excluding hydrogens is 286 g/mol. The average molecular weight is 305 g/mol. The molecule has 22 heavy (non-hydrogen) atoms. The van der Waals surface area contributed by atoms with Crippen molar-refractivity contribution in [3.63, 3.8) is 0 Å². The summed E-state index contributed by atoms with van der Waals surface area (Å²) in [6, 6.07) is 4.51. The smallest absolute Gasteiger partial charge is 0.328 e. The Kier molecular flexibility index (Phi) is 5.55. The molecule has 0 aromatic heterocycles. The first-order valence-electron chi connectivity index (χ1n) is 7.05. The van der Waals surface area contributed by atoms with Gasteiger partial charge in [-0.15, -0.1) is 6.58 Å². The van der Waals surface area contributed by atoms with Gasteiger partial charge in [-0.25, -0.2) is 4.79 Å². The van der Waals surface area contributed by atoms with Gasteiger partial charge in [0.1, 0.15) is 5.75 Å². The van der Waals surface area contributed by atoms with Crippen molar-refractivity contribution in [2.24, 2.45) is 0 Å². The number of carbonyl (C=O) groups excluding carboxylic acids is 1. The van der Waals surface area contributed by atoms with Crippen LogP contribution in [0.3, 0.4) is 0 Å². The average Bonchev–Trinajstić information content (AvgIpc) is 2.93. The van der Waals surface area contributed by atoms with E-state index in [9.17, 15) is 9.59 Å². The predicted molar refractivity (Wildman–Crippen MR) is 79.9 cm³/mol. The third-order valence-corrected chi connectivity index (χ3v) is 3.27. The molecule has 0 radical (unpaired) electrons. The van der Waals surface area contributed by atoms with Gasteiger partial charge >= 0.3 is 5.97 Å². The summed E-state index contributed by atoms with van der Waals surface area (Å²) in [4.78, 5) is 23.1. The van der Waals surface area contributed by atoms with Gasteiger partial charge in [0.15, 0.2) is 6.04 Å². The summed E-state index contributed by atoms with van der Waals surface area (Å²) < 4.78 is 10.5. The first kappa shape index (κ1) is 16.0. The Labute approximate surface area is 128 Å². The van der Waals surface area contributed by atoms with Crippen LogP contribution >= 0.6 is 0 Å². The second kappa shape index (κ2) is 7.61. The number of nitrogens with one attached hydrogen (secondary N) is 1. The molecule has 6 heteroatoms. The van der Waals surface area contributed by atoms with Gasteiger partial charge in [0, 0.05) is 6.42 Å². The van der Waals surface area contributed by atoms with E-state index in [0.717, 1.165) is 23.3 Å². The van der Waals surface area contributed by atoms with Gasteiger partial charge in [-0.1, -0.05) is 18.2 Å².